The van der Waals surface area contributed by atoms with Crippen molar-refractivity contribution in [1.29, 1.82) is 0 Å². The summed E-state index contributed by atoms with van der Waals surface area (Å²) in [5.74, 6) is 0.992. The number of hydrogen-bond donors (Lipinski definition) is 2. The Morgan fingerprint density at radius 2 is 1.39 bits per heavy atom. The number of imidazole rings is 2. The third-order valence-electron chi connectivity index (χ3n) is 7.01. The van der Waals surface area contributed by atoms with E-state index in [1.807, 2.05) is 18.2 Å². The monoisotopic (exact) mass is 752 g/mol. The average Bonchev–Trinajstić information content (AvgIpc) is 3.73. The van der Waals surface area contributed by atoms with Crippen molar-refractivity contribution in [3.05, 3.63) is 83.9 Å². The molecule has 0 amide bonds. The van der Waals surface area contributed by atoms with Crippen LogP contribution in [0.2, 0.25) is 0 Å². The highest BCUT2D eigenvalue weighted by molar-refractivity contribution is 7.90. The van der Waals surface area contributed by atoms with Crippen molar-refractivity contribution in [3.8, 4) is 23.0 Å². The summed E-state index contributed by atoms with van der Waals surface area (Å²) in [6, 6.07) is 14.5. The lowest BCUT2D eigenvalue weighted by atomic mass is 10.2. The lowest BCUT2D eigenvalue weighted by Gasteiger charge is -2.14. The van der Waals surface area contributed by atoms with Crippen LogP contribution >= 0.6 is 0 Å². The van der Waals surface area contributed by atoms with Crippen LogP contribution in [0.4, 0.5) is 22.0 Å². The number of nitrogens with one attached hydrogen (secondary N) is 2. The fraction of sp³-hybridized carbons (Fsp3) is 0.250. The lowest BCUT2D eigenvalue weighted by Crippen LogP contribution is -2.20. The highest BCUT2D eigenvalue weighted by Crippen LogP contribution is 2.32. The van der Waals surface area contributed by atoms with E-state index in [2.05, 4.69) is 34.6 Å². The maximum Gasteiger partial charge on any atom is 0.422 e. The van der Waals surface area contributed by atoms with E-state index in [4.69, 9.17) is 14.2 Å². The number of fused-ring (bicyclic) bond motifs is 2. The number of para-hydroxylation sites is 2. The van der Waals surface area contributed by atoms with Gasteiger partial charge in [-0.1, -0.05) is 12.1 Å². The van der Waals surface area contributed by atoms with Gasteiger partial charge in [-0.3, -0.25) is 19.9 Å². The number of rotatable bonds is 12. The number of nitrogens with zero attached hydrogens (tertiary/aromatic N) is 4. The Morgan fingerprint density at radius 1 is 0.784 bits per heavy atom. The first-order valence-corrected chi connectivity index (χ1v) is 17.3. The van der Waals surface area contributed by atoms with E-state index in [0.29, 0.717) is 50.2 Å². The quantitative estimate of drug-likeness (QED) is 0.106. The van der Waals surface area contributed by atoms with Crippen molar-refractivity contribution in [3.63, 3.8) is 0 Å². The number of aromatic amines is 2. The van der Waals surface area contributed by atoms with Gasteiger partial charge in [0.1, 0.15) is 17.2 Å². The molecule has 270 valence electrons. The highest BCUT2D eigenvalue weighted by Gasteiger charge is 2.29. The van der Waals surface area contributed by atoms with Gasteiger partial charge in [0.15, 0.2) is 29.6 Å². The standard InChI is InChI=1S/C16H14F3N3O2S.C16H15F2N3O4S/c1-10-13(20-7-6-14(10)24-9-16(17,18)19)8-25(23)15-21-11-4-2-3-5-12(11)22-15;1-23-13-5-6-19-12(14(13)24-2)8-26(22)16-20-10-4-3-9(25-15(17)18)7-11(10)21-16/h2-7H,8-9H2,1H3,(H,21,22);3-7,15H,8H2,1-2H3,(H,20,21). The van der Waals surface area contributed by atoms with E-state index in [1.54, 1.807) is 19.1 Å². The molecule has 4 aromatic heterocycles. The SMILES string of the molecule is COc1ccnc(C[S+]([O-])c2nc3cc(OC(F)F)ccc3[nH]2)c1OC.Cc1c(OCC(F)(F)F)ccnc1C[S+]([O-])c1nc2ccccc2[nH]1. The second-order valence-electron chi connectivity index (χ2n) is 10.4. The second-order valence-corrected chi connectivity index (χ2v) is 13.1. The number of pyridine rings is 2. The molecule has 0 aliphatic carbocycles. The first kappa shape index (κ1) is 37.4. The van der Waals surface area contributed by atoms with E-state index in [9.17, 15) is 31.1 Å². The summed E-state index contributed by atoms with van der Waals surface area (Å²) in [5.41, 5.74) is 3.66. The van der Waals surface area contributed by atoms with Crippen LogP contribution in [0.3, 0.4) is 0 Å². The molecule has 2 atom stereocenters. The van der Waals surface area contributed by atoms with Crippen LogP contribution in [0.25, 0.3) is 22.1 Å². The number of hydrogen-bond acceptors (Lipinski definition) is 10. The topological polar surface area (TPSA) is 166 Å². The minimum Gasteiger partial charge on any atom is -0.609 e. The van der Waals surface area contributed by atoms with Gasteiger partial charge in [0.2, 0.25) is 0 Å². The van der Waals surface area contributed by atoms with Gasteiger partial charge >= 0.3 is 23.1 Å². The van der Waals surface area contributed by atoms with Crippen LogP contribution in [0, 0.1) is 6.92 Å². The molecular formula is C32H29F5N6O6S2. The van der Waals surface area contributed by atoms with Crippen LogP contribution in [0.15, 0.2) is 77.3 Å². The largest absolute Gasteiger partial charge is 0.609 e. The molecule has 12 nitrogen and oxygen atoms in total. The first-order valence-electron chi connectivity index (χ1n) is 14.7. The number of benzene rings is 2. The molecule has 2 N–H and O–H groups in total. The minimum absolute atomic E-state index is 0.0209. The summed E-state index contributed by atoms with van der Waals surface area (Å²) in [5, 5.41) is 0.491. The third-order valence-corrected chi connectivity index (χ3v) is 9.33. The maximum absolute atomic E-state index is 12.6. The van der Waals surface area contributed by atoms with E-state index in [1.165, 1.54) is 50.9 Å². The molecular weight excluding hydrogens is 724 g/mol. The van der Waals surface area contributed by atoms with Crippen LogP contribution in [0.5, 0.6) is 23.0 Å². The molecule has 6 aromatic rings. The number of ether oxygens (including phenoxy) is 4. The molecule has 0 spiro atoms. The minimum atomic E-state index is -4.42. The Labute approximate surface area is 293 Å². The summed E-state index contributed by atoms with van der Waals surface area (Å²) in [6.07, 6.45) is -1.56. The zero-order valence-electron chi connectivity index (χ0n) is 27.0. The molecule has 2 unspecified atom stereocenters. The van der Waals surface area contributed by atoms with Crippen LogP contribution in [-0.2, 0) is 33.9 Å². The van der Waals surface area contributed by atoms with Gasteiger partial charge in [0.25, 0.3) is 0 Å². The lowest BCUT2D eigenvalue weighted by molar-refractivity contribution is -0.153. The molecule has 0 radical (unpaired) electrons. The zero-order chi connectivity index (χ0) is 36.7. The maximum atomic E-state index is 12.6. The summed E-state index contributed by atoms with van der Waals surface area (Å²) < 4.78 is 106. The van der Waals surface area contributed by atoms with Gasteiger partial charge in [-0.15, -0.1) is 0 Å². The number of alkyl halides is 5. The van der Waals surface area contributed by atoms with Crippen LogP contribution in [-0.4, -0.2) is 72.6 Å². The molecule has 4 heterocycles. The number of H-pyrrole nitrogens is 2. The predicted molar refractivity (Wildman–Crippen MR) is 177 cm³/mol. The van der Waals surface area contributed by atoms with Crippen molar-refractivity contribution in [2.75, 3.05) is 20.8 Å². The third kappa shape index (κ3) is 9.69. The summed E-state index contributed by atoms with van der Waals surface area (Å²) >= 11 is -3.07. The van der Waals surface area contributed by atoms with Crippen molar-refractivity contribution >= 4 is 44.4 Å². The van der Waals surface area contributed by atoms with Gasteiger partial charge in [-0.05, 0) is 37.3 Å². The zero-order valence-corrected chi connectivity index (χ0v) is 28.6. The van der Waals surface area contributed by atoms with E-state index in [0.717, 1.165) is 5.52 Å². The fourth-order valence-electron chi connectivity index (χ4n) is 4.64. The summed E-state index contributed by atoms with van der Waals surface area (Å²) in [6.45, 7) is -2.72. The van der Waals surface area contributed by atoms with E-state index in [-0.39, 0.29) is 28.2 Å². The van der Waals surface area contributed by atoms with Gasteiger partial charge in [0, 0.05) is 52.4 Å². The second kappa shape index (κ2) is 16.4. The fourth-order valence-corrected chi connectivity index (χ4v) is 6.76. The normalized spacial score (nSPS) is 12.8. The predicted octanol–water partition coefficient (Wildman–Crippen LogP) is 6.40. The Hall–Kier alpha value is -4.85. The van der Waals surface area contributed by atoms with Crippen LogP contribution in [0.1, 0.15) is 17.0 Å². The average molecular weight is 753 g/mol. The van der Waals surface area contributed by atoms with Crippen molar-refractivity contribution < 1.29 is 50.0 Å². The summed E-state index contributed by atoms with van der Waals surface area (Å²) in [4.78, 5) is 22.6. The van der Waals surface area contributed by atoms with Gasteiger partial charge in [-0.25, -0.2) is 0 Å². The van der Waals surface area contributed by atoms with Gasteiger partial charge in [0.05, 0.1) is 42.0 Å². The van der Waals surface area contributed by atoms with Crippen LogP contribution < -0.4 is 18.9 Å². The number of aromatic nitrogens is 6. The molecule has 0 saturated carbocycles. The first-order chi connectivity index (χ1) is 24.3. The van der Waals surface area contributed by atoms with Crippen molar-refractivity contribution in [2.45, 2.75) is 41.5 Å². The molecule has 2 aromatic carbocycles. The molecule has 0 saturated heterocycles. The molecule has 6 rings (SSSR count). The Morgan fingerprint density at radius 3 is 2.02 bits per heavy atom. The molecule has 0 aliphatic rings. The molecule has 0 fully saturated rings. The molecule has 0 bridgehead atoms. The Bertz CT molecular complexity index is 2050. The Balaban J connectivity index is 0.000000198. The molecule has 51 heavy (non-hydrogen) atoms. The smallest absolute Gasteiger partial charge is 0.422 e. The highest BCUT2D eigenvalue weighted by atomic mass is 32.2. The molecule has 19 heteroatoms. The van der Waals surface area contributed by atoms with Gasteiger partial charge < -0.3 is 28.1 Å². The number of halogens is 5. The van der Waals surface area contributed by atoms with E-state index >= 15 is 0 Å². The van der Waals surface area contributed by atoms with Gasteiger partial charge in [-0.2, -0.15) is 31.9 Å². The van der Waals surface area contributed by atoms with Crippen molar-refractivity contribution in [1.82, 2.24) is 29.9 Å². The number of methoxy groups -OCH3 is 2. The molecule has 0 aliphatic heterocycles. The summed E-state index contributed by atoms with van der Waals surface area (Å²) in [7, 11) is 2.97. The van der Waals surface area contributed by atoms with Crippen molar-refractivity contribution in [2.24, 2.45) is 0 Å². The van der Waals surface area contributed by atoms with E-state index < -0.39 is 41.7 Å². The Kier molecular flexibility index (Phi) is 12.1.